The molecule has 1 N–H and O–H groups in total. The van der Waals surface area contributed by atoms with Crippen molar-refractivity contribution in [1.82, 2.24) is 0 Å². The van der Waals surface area contributed by atoms with E-state index in [1.165, 1.54) is 29.8 Å². The van der Waals surface area contributed by atoms with Crippen LogP contribution in [-0.2, 0) is 0 Å². The fourth-order valence-electron chi connectivity index (χ4n) is 1.84. The fourth-order valence-corrected chi connectivity index (χ4v) is 2.61. The molecular formula is C14H19NS. The van der Waals surface area contributed by atoms with E-state index < -0.39 is 0 Å². The van der Waals surface area contributed by atoms with Crippen molar-refractivity contribution in [2.24, 2.45) is 5.92 Å². The lowest BCUT2D eigenvalue weighted by Gasteiger charge is -2.26. The lowest BCUT2D eigenvalue weighted by molar-refractivity contribution is 0.333. The van der Waals surface area contributed by atoms with Gasteiger partial charge in [0.25, 0.3) is 0 Å². The van der Waals surface area contributed by atoms with Crippen molar-refractivity contribution in [2.45, 2.75) is 24.2 Å². The first-order chi connectivity index (χ1) is 7.90. The average Bonchev–Trinajstić information content (AvgIpc) is 2.26. The maximum absolute atomic E-state index is 3.76. The van der Waals surface area contributed by atoms with Gasteiger partial charge in [0.15, 0.2) is 0 Å². The van der Waals surface area contributed by atoms with Crippen molar-refractivity contribution in [3.8, 4) is 0 Å². The van der Waals surface area contributed by atoms with E-state index in [1.807, 2.05) is 17.8 Å². The molecule has 1 nitrogen and oxygen atoms in total. The normalized spacial score (nSPS) is 15.5. The second-order valence-electron chi connectivity index (χ2n) is 4.27. The van der Waals surface area contributed by atoms with Crippen LogP contribution in [0.5, 0.6) is 0 Å². The number of thioether (sulfide) groups is 1. The molecule has 0 aliphatic heterocycles. The largest absolute Gasteiger partial charge is 0.384 e. The molecule has 86 valence electrons. The number of rotatable bonds is 6. The van der Waals surface area contributed by atoms with Crippen LogP contribution in [0.4, 0.5) is 5.69 Å². The zero-order chi connectivity index (χ0) is 11.2. The van der Waals surface area contributed by atoms with Crippen molar-refractivity contribution >= 4 is 17.4 Å². The molecule has 1 aromatic carbocycles. The first-order valence-electron chi connectivity index (χ1n) is 5.96. The summed E-state index contributed by atoms with van der Waals surface area (Å²) in [6.45, 7) is 4.89. The Bertz CT molecular complexity index is 344. The molecule has 2 rings (SSSR count). The van der Waals surface area contributed by atoms with Gasteiger partial charge < -0.3 is 5.32 Å². The van der Waals surface area contributed by atoms with Crippen molar-refractivity contribution in [2.75, 3.05) is 17.6 Å². The molecule has 0 unspecified atom stereocenters. The van der Waals surface area contributed by atoms with Crippen LogP contribution < -0.4 is 5.32 Å². The van der Waals surface area contributed by atoms with Crippen LogP contribution in [-0.4, -0.2) is 12.3 Å². The second kappa shape index (κ2) is 6.00. The number of para-hydroxylation sites is 1. The van der Waals surface area contributed by atoms with Gasteiger partial charge >= 0.3 is 0 Å². The van der Waals surface area contributed by atoms with Crippen molar-refractivity contribution in [3.63, 3.8) is 0 Å². The molecule has 1 saturated carbocycles. The third kappa shape index (κ3) is 3.05. The Morgan fingerprint density at radius 3 is 2.88 bits per heavy atom. The molecule has 2 heteroatoms. The minimum absolute atomic E-state index is 0.900. The Kier molecular flexibility index (Phi) is 4.34. The standard InChI is InChI=1S/C14H19NS/c1-2-10-16-14-9-4-3-8-13(14)15-11-12-6-5-7-12/h2-4,8-9,12,15H,1,5-7,10-11H2. The van der Waals surface area contributed by atoms with E-state index >= 15 is 0 Å². The summed E-state index contributed by atoms with van der Waals surface area (Å²) in [4.78, 5) is 1.33. The summed E-state index contributed by atoms with van der Waals surface area (Å²) in [5, 5.41) is 3.57. The molecule has 1 aromatic rings. The predicted molar refractivity (Wildman–Crippen MR) is 73.2 cm³/mol. The van der Waals surface area contributed by atoms with Crippen LogP contribution in [0.25, 0.3) is 0 Å². The van der Waals surface area contributed by atoms with Gasteiger partial charge in [0.2, 0.25) is 0 Å². The molecule has 1 aliphatic carbocycles. The van der Waals surface area contributed by atoms with E-state index in [9.17, 15) is 0 Å². The van der Waals surface area contributed by atoms with Gasteiger partial charge in [0.05, 0.1) is 0 Å². The minimum atomic E-state index is 0.900. The summed E-state index contributed by atoms with van der Waals surface area (Å²) >= 11 is 1.84. The molecule has 1 aliphatic rings. The highest BCUT2D eigenvalue weighted by Crippen LogP contribution is 2.30. The molecule has 0 saturated heterocycles. The Balaban J connectivity index is 1.91. The van der Waals surface area contributed by atoms with E-state index in [2.05, 4.69) is 36.2 Å². The number of benzene rings is 1. The van der Waals surface area contributed by atoms with Gasteiger partial charge in [-0.15, -0.1) is 18.3 Å². The topological polar surface area (TPSA) is 12.0 Å². The highest BCUT2D eigenvalue weighted by molar-refractivity contribution is 7.99. The fraction of sp³-hybridized carbons (Fsp3) is 0.429. The molecule has 0 radical (unpaired) electrons. The summed E-state index contributed by atoms with van der Waals surface area (Å²) in [5.41, 5.74) is 1.28. The van der Waals surface area contributed by atoms with Gasteiger partial charge in [-0.1, -0.05) is 24.6 Å². The molecule has 0 atom stereocenters. The monoisotopic (exact) mass is 233 g/mol. The number of hydrogen-bond acceptors (Lipinski definition) is 2. The van der Waals surface area contributed by atoms with Crippen LogP contribution in [0.1, 0.15) is 19.3 Å². The number of hydrogen-bond donors (Lipinski definition) is 1. The molecule has 0 heterocycles. The Labute approximate surface area is 102 Å². The Hall–Kier alpha value is -0.890. The maximum atomic E-state index is 3.76. The van der Waals surface area contributed by atoms with E-state index in [0.29, 0.717) is 0 Å². The van der Waals surface area contributed by atoms with E-state index in [0.717, 1.165) is 18.2 Å². The Morgan fingerprint density at radius 2 is 2.19 bits per heavy atom. The summed E-state index contributed by atoms with van der Waals surface area (Å²) < 4.78 is 0. The van der Waals surface area contributed by atoms with Crippen LogP contribution >= 0.6 is 11.8 Å². The van der Waals surface area contributed by atoms with Crippen molar-refractivity contribution in [3.05, 3.63) is 36.9 Å². The highest BCUT2D eigenvalue weighted by atomic mass is 32.2. The van der Waals surface area contributed by atoms with E-state index in [4.69, 9.17) is 0 Å². The minimum Gasteiger partial charge on any atom is -0.384 e. The summed E-state index contributed by atoms with van der Waals surface area (Å²) in [6.07, 6.45) is 6.16. The third-order valence-electron chi connectivity index (χ3n) is 3.05. The van der Waals surface area contributed by atoms with Crippen LogP contribution in [0.15, 0.2) is 41.8 Å². The molecule has 0 amide bonds. The summed E-state index contributed by atoms with van der Waals surface area (Å²) in [5.74, 6) is 1.87. The number of nitrogens with one attached hydrogen (secondary N) is 1. The van der Waals surface area contributed by atoms with Crippen molar-refractivity contribution < 1.29 is 0 Å². The van der Waals surface area contributed by atoms with Gasteiger partial charge in [-0.05, 0) is 30.9 Å². The van der Waals surface area contributed by atoms with Gasteiger partial charge in [-0.2, -0.15) is 0 Å². The second-order valence-corrected chi connectivity index (χ2v) is 5.34. The van der Waals surface area contributed by atoms with Crippen molar-refractivity contribution in [1.29, 1.82) is 0 Å². The number of anilines is 1. The molecule has 16 heavy (non-hydrogen) atoms. The van der Waals surface area contributed by atoms with Gasteiger partial charge in [-0.25, -0.2) is 0 Å². The zero-order valence-electron chi connectivity index (χ0n) is 9.61. The molecule has 0 bridgehead atoms. The average molecular weight is 233 g/mol. The lowest BCUT2D eigenvalue weighted by Crippen LogP contribution is -2.21. The van der Waals surface area contributed by atoms with Crippen LogP contribution in [0.2, 0.25) is 0 Å². The maximum Gasteiger partial charge on any atom is 0.0478 e. The summed E-state index contributed by atoms with van der Waals surface area (Å²) in [6, 6.07) is 8.54. The molecule has 1 fully saturated rings. The first kappa shape index (κ1) is 11.6. The zero-order valence-corrected chi connectivity index (χ0v) is 10.4. The Morgan fingerprint density at radius 1 is 1.38 bits per heavy atom. The smallest absolute Gasteiger partial charge is 0.0478 e. The summed E-state index contributed by atoms with van der Waals surface area (Å²) in [7, 11) is 0. The third-order valence-corrected chi connectivity index (χ3v) is 4.12. The molecular weight excluding hydrogens is 214 g/mol. The van der Waals surface area contributed by atoms with Gasteiger partial charge in [0.1, 0.15) is 0 Å². The van der Waals surface area contributed by atoms with Gasteiger partial charge in [-0.3, -0.25) is 0 Å². The van der Waals surface area contributed by atoms with E-state index in [-0.39, 0.29) is 0 Å². The molecule has 0 aromatic heterocycles. The van der Waals surface area contributed by atoms with Crippen LogP contribution in [0.3, 0.4) is 0 Å². The quantitative estimate of drug-likeness (QED) is 0.584. The van der Waals surface area contributed by atoms with E-state index in [1.54, 1.807) is 0 Å². The molecule has 0 spiro atoms. The first-order valence-corrected chi connectivity index (χ1v) is 6.95. The van der Waals surface area contributed by atoms with Crippen LogP contribution in [0, 0.1) is 5.92 Å². The SMILES string of the molecule is C=CCSc1ccccc1NCC1CCC1. The van der Waals surface area contributed by atoms with Gasteiger partial charge in [0, 0.05) is 22.9 Å². The lowest BCUT2D eigenvalue weighted by atomic mass is 9.85. The highest BCUT2D eigenvalue weighted by Gasteiger charge is 2.16. The predicted octanol–water partition coefficient (Wildman–Crippen LogP) is 4.18.